The average molecular weight is 312 g/mol. The van der Waals surface area contributed by atoms with Crippen molar-refractivity contribution in [1.82, 2.24) is 15.1 Å². The Morgan fingerprint density at radius 2 is 2.09 bits per heavy atom. The van der Waals surface area contributed by atoms with Crippen LogP contribution in [-0.2, 0) is 4.79 Å². The third kappa shape index (κ3) is 3.52. The number of amides is 2. The fourth-order valence-electron chi connectivity index (χ4n) is 3.66. The number of carboxylic acid groups (broad SMARTS) is 1. The van der Waals surface area contributed by atoms with E-state index >= 15 is 0 Å². The molecule has 0 aromatic rings. The number of carbonyl (C=O) groups excluding carboxylic acids is 1. The van der Waals surface area contributed by atoms with E-state index in [1.807, 2.05) is 0 Å². The molecule has 7 heteroatoms. The molecule has 22 heavy (non-hydrogen) atoms. The minimum atomic E-state index is -1.15. The SMILES string of the molecule is CC(C)N(C)[C@@H]1CC[C@H](N2CC[C@H](NC(=O)O)C2=O)[C@H](N)C1. The molecule has 2 amide bonds. The predicted molar refractivity (Wildman–Crippen MR) is 83.6 cm³/mol. The molecule has 2 aliphatic rings. The van der Waals surface area contributed by atoms with Crippen LogP contribution in [0.5, 0.6) is 0 Å². The average Bonchev–Trinajstić information content (AvgIpc) is 2.78. The summed E-state index contributed by atoms with van der Waals surface area (Å²) < 4.78 is 0. The number of rotatable bonds is 4. The summed E-state index contributed by atoms with van der Waals surface area (Å²) in [6.07, 6.45) is 2.17. The Bertz CT molecular complexity index is 429. The van der Waals surface area contributed by atoms with Gasteiger partial charge in [0.25, 0.3) is 0 Å². The van der Waals surface area contributed by atoms with Crippen LogP contribution in [0, 0.1) is 0 Å². The molecule has 7 nitrogen and oxygen atoms in total. The Morgan fingerprint density at radius 1 is 1.41 bits per heavy atom. The molecule has 1 aliphatic carbocycles. The quantitative estimate of drug-likeness (QED) is 0.700. The fourth-order valence-corrected chi connectivity index (χ4v) is 3.66. The van der Waals surface area contributed by atoms with Gasteiger partial charge in [0, 0.05) is 30.7 Å². The molecule has 1 heterocycles. The molecular formula is C15H28N4O3. The first kappa shape index (κ1) is 17.0. The van der Waals surface area contributed by atoms with Crippen LogP contribution < -0.4 is 11.1 Å². The van der Waals surface area contributed by atoms with Crippen molar-refractivity contribution in [1.29, 1.82) is 0 Å². The van der Waals surface area contributed by atoms with Crippen molar-refractivity contribution in [2.75, 3.05) is 13.6 Å². The molecule has 0 spiro atoms. The van der Waals surface area contributed by atoms with E-state index in [2.05, 4.69) is 31.1 Å². The predicted octanol–water partition coefficient (Wildman–Crippen LogP) is 0.444. The zero-order chi connectivity index (χ0) is 16.4. The standard InChI is InChI=1S/C15H28N4O3/c1-9(2)18(3)10-4-5-13(11(16)8-10)19-7-6-12(14(19)20)17-15(21)22/h9-13,17H,4-8,16H2,1-3H3,(H,21,22)/t10-,11-,12+,13+/m1/s1. The second-order valence-electron chi connectivity index (χ2n) is 6.78. The summed E-state index contributed by atoms with van der Waals surface area (Å²) in [6.45, 7) is 4.93. The smallest absolute Gasteiger partial charge is 0.405 e. The molecular weight excluding hydrogens is 284 g/mol. The number of nitrogens with zero attached hydrogens (tertiary/aromatic N) is 2. The molecule has 0 bridgehead atoms. The lowest BCUT2D eigenvalue weighted by Crippen LogP contribution is -2.56. The molecule has 2 rings (SSSR count). The molecule has 1 saturated carbocycles. The largest absolute Gasteiger partial charge is 0.465 e. The van der Waals surface area contributed by atoms with Gasteiger partial charge < -0.3 is 26.0 Å². The van der Waals surface area contributed by atoms with Gasteiger partial charge in [-0.05, 0) is 46.6 Å². The molecule has 1 saturated heterocycles. The van der Waals surface area contributed by atoms with Crippen LogP contribution in [-0.4, -0.2) is 70.7 Å². The fraction of sp³-hybridized carbons (Fsp3) is 0.867. The van der Waals surface area contributed by atoms with E-state index in [1.165, 1.54) is 0 Å². The van der Waals surface area contributed by atoms with Crippen LogP contribution >= 0.6 is 0 Å². The highest BCUT2D eigenvalue weighted by atomic mass is 16.4. The third-order valence-electron chi connectivity index (χ3n) is 5.16. The molecule has 0 radical (unpaired) electrons. The van der Waals surface area contributed by atoms with E-state index in [0.717, 1.165) is 19.3 Å². The van der Waals surface area contributed by atoms with Gasteiger partial charge in [0.1, 0.15) is 6.04 Å². The van der Waals surface area contributed by atoms with E-state index in [1.54, 1.807) is 4.90 Å². The third-order valence-corrected chi connectivity index (χ3v) is 5.16. The topological polar surface area (TPSA) is 98.9 Å². The van der Waals surface area contributed by atoms with Crippen molar-refractivity contribution < 1.29 is 14.7 Å². The molecule has 0 aromatic carbocycles. The van der Waals surface area contributed by atoms with Gasteiger partial charge in [0.15, 0.2) is 0 Å². The van der Waals surface area contributed by atoms with Gasteiger partial charge in [-0.25, -0.2) is 4.79 Å². The summed E-state index contributed by atoms with van der Waals surface area (Å²) >= 11 is 0. The van der Waals surface area contributed by atoms with Gasteiger partial charge in [-0.1, -0.05) is 0 Å². The number of hydrogen-bond donors (Lipinski definition) is 3. The zero-order valence-electron chi connectivity index (χ0n) is 13.7. The van der Waals surface area contributed by atoms with Crippen molar-refractivity contribution in [2.45, 2.75) is 69.7 Å². The van der Waals surface area contributed by atoms with Crippen LogP contribution in [0.3, 0.4) is 0 Å². The Balaban J connectivity index is 1.95. The summed E-state index contributed by atoms with van der Waals surface area (Å²) in [7, 11) is 2.12. The van der Waals surface area contributed by atoms with Crippen LogP contribution in [0.15, 0.2) is 0 Å². The van der Waals surface area contributed by atoms with Gasteiger partial charge in [-0.3, -0.25) is 4.79 Å². The van der Waals surface area contributed by atoms with Crippen molar-refractivity contribution in [3.63, 3.8) is 0 Å². The summed E-state index contributed by atoms with van der Waals surface area (Å²) in [5.74, 6) is -0.126. The van der Waals surface area contributed by atoms with Crippen LogP contribution in [0.2, 0.25) is 0 Å². The Labute approximate surface area is 131 Å². The van der Waals surface area contributed by atoms with Gasteiger partial charge in [0.2, 0.25) is 5.91 Å². The number of carbonyl (C=O) groups is 2. The Morgan fingerprint density at radius 3 is 2.64 bits per heavy atom. The van der Waals surface area contributed by atoms with Crippen LogP contribution in [0.4, 0.5) is 4.79 Å². The summed E-state index contributed by atoms with van der Waals surface area (Å²) in [6, 6.07) is 0.307. The van der Waals surface area contributed by atoms with Crippen molar-refractivity contribution in [3.05, 3.63) is 0 Å². The summed E-state index contributed by atoms with van der Waals surface area (Å²) in [5, 5.41) is 11.1. The molecule has 4 atom stereocenters. The Hall–Kier alpha value is -1.34. The molecule has 4 N–H and O–H groups in total. The molecule has 2 fully saturated rings. The van der Waals surface area contributed by atoms with Crippen LogP contribution in [0.25, 0.3) is 0 Å². The number of nitrogens with two attached hydrogens (primary N) is 1. The van der Waals surface area contributed by atoms with Crippen molar-refractivity contribution in [2.24, 2.45) is 5.73 Å². The number of likely N-dealkylation sites (tertiary alicyclic amines) is 1. The first-order valence-corrected chi connectivity index (χ1v) is 8.08. The van der Waals surface area contributed by atoms with Gasteiger partial charge >= 0.3 is 6.09 Å². The highest BCUT2D eigenvalue weighted by molar-refractivity contribution is 5.87. The van der Waals surface area contributed by atoms with Crippen molar-refractivity contribution >= 4 is 12.0 Å². The van der Waals surface area contributed by atoms with Gasteiger partial charge in [-0.15, -0.1) is 0 Å². The van der Waals surface area contributed by atoms with Crippen molar-refractivity contribution in [3.8, 4) is 0 Å². The first-order valence-electron chi connectivity index (χ1n) is 8.08. The van der Waals surface area contributed by atoms with E-state index in [-0.39, 0.29) is 18.0 Å². The van der Waals surface area contributed by atoms with E-state index < -0.39 is 12.1 Å². The summed E-state index contributed by atoms with van der Waals surface area (Å²) in [4.78, 5) is 27.2. The molecule has 1 aliphatic heterocycles. The number of nitrogens with one attached hydrogen (secondary N) is 1. The number of hydrogen-bond acceptors (Lipinski definition) is 4. The van der Waals surface area contributed by atoms with E-state index in [9.17, 15) is 9.59 Å². The molecule has 0 aromatic heterocycles. The minimum absolute atomic E-state index is 0.0323. The second-order valence-corrected chi connectivity index (χ2v) is 6.78. The van der Waals surface area contributed by atoms with E-state index in [0.29, 0.717) is 25.0 Å². The lowest BCUT2D eigenvalue weighted by molar-refractivity contribution is -0.132. The monoisotopic (exact) mass is 312 g/mol. The maximum absolute atomic E-state index is 12.3. The first-order chi connectivity index (χ1) is 10.3. The van der Waals surface area contributed by atoms with E-state index in [4.69, 9.17) is 10.8 Å². The highest BCUT2D eigenvalue weighted by Crippen LogP contribution is 2.29. The Kier molecular flexibility index (Phi) is 5.28. The maximum Gasteiger partial charge on any atom is 0.405 e. The van der Waals surface area contributed by atoms with Gasteiger partial charge in [-0.2, -0.15) is 0 Å². The lowest BCUT2D eigenvalue weighted by Gasteiger charge is -2.43. The van der Waals surface area contributed by atoms with Gasteiger partial charge in [0.05, 0.1) is 0 Å². The molecule has 126 valence electrons. The second kappa shape index (κ2) is 6.83. The van der Waals surface area contributed by atoms with Crippen LogP contribution in [0.1, 0.15) is 39.5 Å². The highest BCUT2D eigenvalue weighted by Gasteiger charge is 2.41. The normalized spacial score (nSPS) is 32.8. The minimum Gasteiger partial charge on any atom is -0.465 e. The summed E-state index contributed by atoms with van der Waals surface area (Å²) in [5.41, 5.74) is 6.34. The maximum atomic E-state index is 12.3. The lowest BCUT2D eigenvalue weighted by atomic mass is 9.85. The zero-order valence-corrected chi connectivity index (χ0v) is 13.7. The molecule has 0 unspecified atom stereocenters.